The summed E-state index contributed by atoms with van der Waals surface area (Å²) >= 11 is 5.90. The fourth-order valence-electron chi connectivity index (χ4n) is 1.40. The van der Waals surface area contributed by atoms with E-state index in [9.17, 15) is 9.18 Å². The molecule has 0 saturated heterocycles. The summed E-state index contributed by atoms with van der Waals surface area (Å²) in [7, 11) is 0. The van der Waals surface area contributed by atoms with E-state index >= 15 is 0 Å². The van der Waals surface area contributed by atoms with E-state index < -0.39 is 5.82 Å². The van der Waals surface area contributed by atoms with E-state index in [4.69, 9.17) is 16.0 Å². The third kappa shape index (κ3) is 1.86. The Balaban J connectivity index is 2.55. The SMILES string of the molecule is Cc1cc(F)c(-c2ccc(C=O)o2)cc1Cl. The van der Waals surface area contributed by atoms with E-state index in [1.807, 2.05) is 0 Å². The van der Waals surface area contributed by atoms with Gasteiger partial charge < -0.3 is 4.42 Å². The van der Waals surface area contributed by atoms with Crippen LogP contribution < -0.4 is 0 Å². The molecule has 0 aliphatic rings. The number of hydrogen-bond donors (Lipinski definition) is 0. The van der Waals surface area contributed by atoms with Crippen LogP contribution in [0.5, 0.6) is 0 Å². The van der Waals surface area contributed by atoms with E-state index in [0.717, 1.165) is 0 Å². The van der Waals surface area contributed by atoms with Crippen molar-refractivity contribution in [2.24, 2.45) is 0 Å². The highest BCUT2D eigenvalue weighted by atomic mass is 35.5. The molecular formula is C12H8ClFO2. The van der Waals surface area contributed by atoms with Gasteiger partial charge >= 0.3 is 0 Å². The van der Waals surface area contributed by atoms with Gasteiger partial charge in [-0.15, -0.1) is 0 Å². The van der Waals surface area contributed by atoms with Crippen LogP contribution in [0.25, 0.3) is 11.3 Å². The van der Waals surface area contributed by atoms with Crippen molar-refractivity contribution in [1.82, 2.24) is 0 Å². The van der Waals surface area contributed by atoms with Crippen molar-refractivity contribution in [2.45, 2.75) is 6.92 Å². The molecule has 16 heavy (non-hydrogen) atoms. The van der Waals surface area contributed by atoms with E-state index in [1.54, 1.807) is 6.92 Å². The van der Waals surface area contributed by atoms with Gasteiger partial charge in [0.1, 0.15) is 11.6 Å². The van der Waals surface area contributed by atoms with Crippen molar-refractivity contribution in [3.63, 3.8) is 0 Å². The number of carbonyl (C=O) groups is 1. The summed E-state index contributed by atoms with van der Waals surface area (Å²) in [4.78, 5) is 10.4. The first-order valence-corrected chi connectivity index (χ1v) is 5.00. The minimum absolute atomic E-state index is 0.158. The Morgan fingerprint density at radius 2 is 2.12 bits per heavy atom. The first-order chi connectivity index (χ1) is 7.61. The van der Waals surface area contributed by atoms with Gasteiger partial charge in [-0.05, 0) is 36.8 Å². The number of rotatable bonds is 2. The van der Waals surface area contributed by atoms with Crippen LogP contribution in [0.4, 0.5) is 4.39 Å². The fourth-order valence-corrected chi connectivity index (χ4v) is 1.56. The molecule has 1 aromatic heterocycles. The van der Waals surface area contributed by atoms with Crippen molar-refractivity contribution >= 4 is 17.9 Å². The summed E-state index contributed by atoms with van der Waals surface area (Å²) in [5.74, 6) is 0.0290. The van der Waals surface area contributed by atoms with Gasteiger partial charge in [0, 0.05) is 5.02 Å². The molecule has 0 unspecified atom stereocenters. The van der Waals surface area contributed by atoms with Crippen LogP contribution in [0.1, 0.15) is 16.1 Å². The standard InChI is InChI=1S/C12H8ClFO2/c1-7-4-11(14)9(5-10(7)13)12-3-2-8(6-15)16-12/h2-6H,1H3. The zero-order valence-electron chi connectivity index (χ0n) is 8.46. The molecule has 1 aromatic carbocycles. The van der Waals surface area contributed by atoms with Gasteiger partial charge in [0.15, 0.2) is 12.0 Å². The number of furan rings is 1. The molecule has 1 heterocycles. The quantitative estimate of drug-likeness (QED) is 0.744. The topological polar surface area (TPSA) is 30.2 Å². The summed E-state index contributed by atoms with van der Waals surface area (Å²) in [6, 6.07) is 5.84. The molecule has 4 heteroatoms. The lowest BCUT2D eigenvalue weighted by Crippen LogP contribution is -1.85. The van der Waals surface area contributed by atoms with Gasteiger partial charge in [-0.1, -0.05) is 11.6 Å². The highest BCUT2D eigenvalue weighted by Crippen LogP contribution is 2.29. The average molecular weight is 239 g/mol. The zero-order valence-corrected chi connectivity index (χ0v) is 9.22. The minimum Gasteiger partial charge on any atom is -0.453 e. The van der Waals surface area contributed by atoms with Crippen LogP contribution in [-0.4, -0.2) is 6.29 Å². The fraction of sp³-hybridized carbons (Fsp3) is 0.0833. The van der Waals surface area contributed by atoms with Gasteiger partial charge in [-0.3, -0.25) is 4.79 Å². The minimum atomic E-state index is -0.423. The second-order valence-electron chi connectivity index (χ2n) is 3.40. The van der Waals surface area contributed by atoms with Crippen LogP contribution >= 0.6 is 11.6 Å². The predicted octanol–water partition coefficient (Wildman–Crippen LogP) is 3.86. The number of hydrogen-bond acceptors (Lipinski definition) is 2. The molecule has 0 amide bonds. The smallest absolute Gasteiger partial charge is 0.185 e. The van der Waals surface area contributed by atoms with Crippen molar-refractivity contribution in [1.29, 1.82) is 0 Å². The Bertz CT molecular complexity index is 546. The van der Waals surface area contributed by atoms with E-state index in [-0.39, 0.29) is 11.3 Å². The van der Waals surface area contributed by atoms with Crippen molar-refractivity contribution in [3.05, 3.63) is 46.4 Å². The Labute approximate surface area is 96.6 Å². The highest BCUT2D eigenvalue weighted by Gasteiger charge is 2.11. The molecule has 0 spiro atoms. The summed E-state index contributed by atoms with van der Waals surface area (Å²) in [5, 5.41) is 0.459. The van der Waals surface area contributed by atoms with Crippen LogP contribution in [0.3, 0.4) is 0 Å². The molecule has 0 radical (unpaired) electrons. The molecule has 0 bridgehead atoms. The van der Waals surface area contributed by atoms with E-state index in [0.29, 0.717) is 22.6 Å². The van der Waals surface area contributed by atoms with Gasteiger partial charge in [0.2, 0.25) is 0 Å². The maximum atomic E-state index is 13.6. The molecule has 0 saturated carbocycles. The van der Waals surface area contributed by atoms with Gasteiger partial charge in [0.25, 0.3) is 0 Å². The van der Waals surface area contributed by atoms with Crippen LogP contribution in [0.2, 0.25) is 5.02 Å². The molecule has 82 valence electrons. The largest absolute Gasteiger partial charge is 0.453 e. The molecule has 0 fully saturated rings. The molecule has 2 aromatic rings. The summed E-state index contributed by atoms with van der Waals surface area (Å²) in [6.45, 7) is 1.72. The molecule has 2 rings (SSSR count). The van der Waals surface area contributed by atoms with Gasteiger partial charge in [-0.25, -0.2) is 4.39 Å². The lowest BCUT2D eigenvalue weighted by molar-refractivity contribution is 0.110. The third-order valence-electron chi connectivity index (χ3n) is 2.26. The number of carbonyl (C=O) groups excluding carboxylic acids is 1. The average Bonchev–Trinajstić information content (AvgIpc) is 2.71. The number of aryl methyl sites for hydroxylation is 1. The first-order valence-electron chi connectivity index (χ1n) is 4.63. The third-order valence-corrected chi connectivity index (χ3v) is 2.66. The highest BCUT2D eigenvalue weighted by molar-refractivity contribution is 6.31. The maximum absolute atomic E-state index is 13.6. The summed E-state index contributed by atoms with van der Waals surface area (Å²) < 4.78 is 18.8. The number of benzene rings is 1. The van der Waals surface area contributed by atoms with Crippen LogP contribution in [0.15, 0.2) is 28.7 Å². The lowest BCUT2D eigenvalue weighted by atomic mass is 10.1. The van der Waals surface area contributed by atoms with E-state index in [1.165, 1.54) is 24.3 Å². The predicted molar refractivity (Wildman–Crippen MR) is 59.2 cm³/mol. The molecule has 0 aliphatic carbocycles. The zero-order chi connectivity index (χ0) is 11.7. The summed E-state index contributed by atoms with van der Waals surface area (Å²) in [5.41, 5.74) is 0.911. The lowest BCUT2D eigenvalue weighted by Gasteiger charge is -2.03. The first kappa shape index (κ1) is 10.9. The number of halogens is 2. The molecule has 0 aliphatic heterocycles. The second kappa shape index (κ2) is 4.10. The molecule has 0 N–H and O–H groups in total. The Hall–Kier alpha value is -1.61. The monoisotopic (exact) mass is 238 g/mol. The Morgan fingerprint density at radius 3 is 2.75 bits per heavy atom. The van der Waals surface area contributed by atoms with Crippen LogP contribution in [-0.2, 0) is 0 Å². The normalized spacial score (nSPS) is 10.4. The molecular weight excluding hydrogens is 231 g/mol. The maximum Gasteiger partial charge on any atom is 0.185 e. The molecule has 0 atom stereocenters. The van der Waals surface area contributed by atoms with Gasteiger partial charge in [0.05, 0.1) is 5.56 Å². The Kier molecular flexibility index (Phi) is 2.79. The number of aldehydes is 1. The van der Waals surface area contributed by atoms with Crippen molar-refractivity contribution < 1.29 is 13.6 Å². The van der Waals surface area contributed by atoms with Gasteiger partial charge in [-0.2, -0.15) is 0 Å². The van der Waals surface area contributed by atoms with Crippen molar-refractivity contribution in [2.75, 3.05) is 0 Å². The second-order valence-corrected chi connectivity index (χ2v) is 3.81. The van der Waals surface area contributed by atoms with E-state index in [2.05, 4.69) is 0 Å². The Morgan fingerprint density at radius 1 is 1.38 bits per heavy atom. The van der Waals surface area contributed by atoms with Crippen molar-refractivity contribution in [3.8, 4) is 11.3 Å². The van der Waals surface area contributed by atoms with Crippen LogP contribution in [0, 0.1) is 12.7 Å². The summed E-state index contributed by atoms with van der Waals surface area (Å²) in [6.07, 6.45) is 0.567. The molecule has 2 nitrogen and oxygen atoms in total.